The van der Waals surface area contributed by atoms with Crippen molar-refractivity contribution < 1.29 is 66.6 Å². The molecular formula is C20H30N10O14P2. The fourth-order valence-electron chi connectivity index (χ4n) is 6.01. The summed E-state index contributed by atoms with van der Waals surface area (Å²) in [6.07, 6.45) is -12.1. The van der Waals surface area contributed by atoms with Gasteiger partial charge >= 0.3 is 258 Å². The Morgan fingerprint density at radius 3 is 1.91 bits per heavy atom. The van der Waals surface area contributed by atoms with E-state index in [1.165, 1.54) is 22.5 Å². The van der Waals surface area contributed by atoms with E-state index in [1.54, 1.807) is 0 Å². The molecule has 254 valence electrons. The van der Waals surface area contributed by atoms with Gasteiger partial charge in [0.2, 0.25) is 0 Å². The molecule has 0 aliphatic carbocycles. The number of phosphoric ester groups is 1. The molecule has 2 amide bonds. The Morgan fingerprint density at radius 1 is 0.870 bits per heavy atom. The Morgan fingerprint density at radius 2 is 1.37 bits per heavy atom. The van der Waals surface area contributed by atoms with Crippen molar-refractivity contribution in [1.82, 2.24) is 20.4 Å². The van der Waals surface area contributed by atoms with Crippen LogP contribution in [0.5, 0.6) is 0 Å². The van der Waals surface area contributed by atoms with Crippen LogP contribution in [0.1, 0.15) is 0 Å². The standard InChI is InChI=1S/C20H30N10O14P2/c21-19-25-13-7(15(33)27-19)23-3-29(13)17-9(31)11-5(41-17)1-39-45(35,36)44-12-6(2-40-46(37,38)43-11)42-18(10(12)32)30-4-24-8-14(30)26-20(22)28-16(8)34/h3-14,17-18,31-32,35-36,45H,1-2H2,(H,37,38)(H3,21,25,27,33)(H3,22,26,28,34)/t5-,6-,7?,8?,9-,10-,11-,12-,13?,14?,17-,18-/m1/s1. The number of nitrogens with one attached hydrogen (secondary N) is 2. The second-order valence-corrected chi connectivity index (χ2v) is 14.1. The van der Waals surface area contributed by atoms with Gasteiger partial charge in [-0.3, -0.25) is 0 Å². The summed E-state index contributed by atoms with van der Waals surface area (Å²) in [5.74, 6) is -1.54. The van der Waals surface area contributed by atoms with Gasteiger partial charge in [-0.2, -0.15) is 0 Å². The number of rotatable bonds is 2. The molecule has 0 saturated carbocycles. The van der Waals surface area contributed by atoms with Crippen LogP contribution in [0.3, 0.4) is 0 Å². The molecule has 3 fully saturated rings. The number of carbonyl (C=O) groups excluding carboxylic acids is 2. The van der Waals surface area contributed by atoms with Crippen LogP contribution in [0, 0.1) is 0 Å². The molecule has 7 heterocycles. The predicted octanol–water partition coefficient (Wildman–Crippen LogP) is -6.56. The van der Waals surface area contributed by atoms with Crippen LogP contribution >= 0.6 is 16.0 Å². The Hall–Kier alpha value is -2.96. The number of nitrogens with zero attached hydrogens (tertiary/aromatic N) is 6. The molecule has 7 aliphatic rings. The number of aliphatic hydroxyl groups excluding tert-OH is 2. The van der Waals surface area contributed by atoms with Crippen molar-refractivity contribution in [3.05, 3.63) is 0 Å². The van der Waals surface area contributed by atoms with E-state index in [9.17, 15) is 39.0 Å². The van der Waals surface area contributed by atoms with Gasteiger partial charge in [-0.1, -0.05) is 0 Å². The monoisotopic (exact) mass is 696 g/mol. The fraction of sp³-hybridized carbons (Fsp3) is 0.700. The summed E-state index contributed by atoms with van der Waals surface area (Å²) < 4.78 is 45.9. The van der Waals surface area contributed by atoms with Gasteiger partial charge in [-0.25, -0.2) is 0 Å². The topological polar surface area (TPSA) is 340 Å². The van der Waals surface area contributed by atoms with E-state index >= 15 is 0 Å². The Balaban J connectivity index is 1.10. The number of fused-ring (bicyclic) bond motifs is 4. The molecule has 7 aliphatic heterocycles. The second kappa shape index (κ2) is 11.3. The van der Waals surface area contributed by atoms with Gasteiger partial charge < -0.3 is 0 Å². The summed E-state index contributed by atoms with van der Waals surface area (Å²) in [7, 11) is -10.2. The zero-order valence-electron chi connectivity index (χ0n) is 23.2. The molecule has 0 spiro atoms. The Bertz CT molecular complexity index is 1470. The molecule has 0 bridgehead atoms. The third kappa shape index (κ3) is 5.53. The number of hydrogen-bond acceptors (Lipinski definition) is 21. The van der Waals surface area contributed by atoms with Crippen molar-refractivity contribution in [2.75, 3.05) is 13.2 Å². The minimum absolute atomic E-state index is 0.209. The number of hydrogen-bond donors (Lipinski definition) is 9. The third-order valence-electron chi connectivity index (χ3n) is 8.07. The number of ether oxygens (including phenoxy) is 2. The van der Waals surface area contributed by atoms with Crippen LogP contribution in [-0.2, 0) is 41.7 Å². The summed E-state index contributed by atoms with van der Waals surface area (Å²) >= 11 is 0. The molecule has 13 atom stereocenters. The molecule has 24 nitrogen and oxygen atoms in total. The van der Waals surface area contributed by atoms with E-state index < -0.39 is 115 Å². The summed E-state index contributed by atoms with van der Waals surface area (Å²) in [5.41, 5.74) is 11.3. The predicted molar refractivity (Wildman–Crippen MR) is 149 cm³/mol. The van der Waals surface area contributed by atoms with E-state index in [-0.39, 0.29) is 11.9 Å². The van der Waals surface area contributed by atoms with E-state index in [0.717, 1.165) is 0 Å². The van der Waals surface area contributed by atoms with Gasteiger partial charge in [0.05, 0.1) is 0 Å². The molecule has 0 aromatic rings. The van der Waals surface area contributed by atoms with Crippen LogP contribution in [0.15, 0.2) is 20.0 Å². The van der Waals surface area contributed by atoms with Crippen LogP contribution in [0.25, 0.3) is 0 Å². The van der Waals surface area contributed by atoms with E-state index in [4.69, 9.17) is 39.0 Å². The third-order valence-corrected chi connectivity index (χ3v) is 10.2. The van der Waals surface area contributed by atoms with Crippen LogP contribution < -0.4 is 22.1 Å². The number of carbonyl (C=O) groups is 2. The molecular weight excluding hydrogens is 666 g/mol. The first-order valence-electron chi connectivity index (χ1n) is 13.7. The SMILES string of the molecule is NC1=NC2C(N=CN2[C@@H]2O[C@@H]3CO[PH](O)(O)O[C@H]4[C@@H](O)[C@H](N5C=NC6C(=O)NC(N)=NC65)O[C@@H]4COP(=O)(O)O[C@H]3[C@H]2O)C(=O)N1. The average Bonchev–Trinajstić information content (AvgIpc) is 3.72. The molecule has 3 saturated heterocycles. The first-order chi connectivity index (χ1) is 21.7. The molecule has 11 N–H and O–H groups in total. The van der Waals surface area contributed by atoms with Crippen molar-refractivity contribution >= 4 is 52.4 Å². The molecule has 0 aromatic heterocycles. The minimum atomic E-state index is -5.18. The van der Waals surface area contributed by atoms with Crippen molar-refractivity contribution in [2.24, 2.45) is 31.4 Å². The van der Waals surface area contributed by atoms with Gasteiger partial charge in [-0.15, -0.1) is 0 Å². The van der Waals surface area contributed by atoms with Crippen LogP contribution in [0.4, 0.5) is 0 Å². The van der Waals surface area contributed by atoms with E-state index in [2.05, 4.69) is 30.6 Å². The maximum absolute atomic E-state index is 13.1. The van der Waals surface area contributed by atoms with Gasteiger partial charge in [0.1, 0.15) is 0 Å². The molecule has 0 aromatic carbocycles. The fourth-order valence-corrected chi connectivity index (χ4v) is 8.07. The normalized spacial score (nSPS) is 47.3. The molecule has 7 rings (SSSR count). The van der Waals surface area contributed by atoms with Gasteiger partial charge in [0.25, 0.3) is 0 Å². The first kappa shape index (κ1) is 31.6. The molecule has 46 heavy (non-hydrogen) atoms. The molecule has 5 unspecified atom stereocenters. The van der Waals surface area contributed by atoms with E-state index in [1.807, 2.05) is 0 Å². The summed E-state index contributed by atoms with van der Waals surface area (Å²) in [6, 6.07) is -2.06. The summed E-state index contributed by atoms with van der Waals surface area (Å²) in [6.45, 7) is -1.59. The number of aliphatic hydroxyl groups is 2. The number of guanidine groups is 2. The summed E-state index contributed by atoms with van der Waals surface area (Å²) in [4.78, 5) is 75.5. The van der Waals surface area contributed by atoms with Crippen LogP contribution in [0.2, 0.25) is 0 Å². The van der Waals surface area contributed by atoms with Gasteiger partial charge in [0, 0.05) is 0 Å². The Labute approximate surface area is 257 Å². The molecule has 26 heteroatoms. The number of amides is 2. The van der Waals surface area contributed by atoms with Crippen molar-refractivity contribution in [3.8, 4) is 0 Å². The van der Waals surface area contributed by atoms with Crippen molar-refractivity contribution in [3.63, 3.8) is 0 Å². The van der Waals surface area contributed by atoms with Crippen molar-refractivity contribution in [1.29, 1.82) is 0 Å². The Kier molecular flexibility index (Phi) is 7.79. The first-order valence-corrected chi connectivity index (χ1v) is 16.9. The quantitative estimate of drug-likeness (QED) is 0.121. The zero-order chi connectivity index (χ0) is 32.7. The average molecular weight is 696 g/mol. The van der Waals surface area contributed by atoms with Crippen LogP contribution in [-0.4, -0.2) is 158 Å². The van der Waals surface area contributed by atoms with Gasteiger partial charge in [0.15, 0.2) is 0 Å². The number of aliphatic imine (C=N–C) groups is 4. The maximum atomic E-state index is 13.1. The molecule has 0 radical (unpaired) electrons. The number of phosphoric acid groups is 1. The summed E-state index contributed by atoms with van der Waals surface area (Å²) in [5, 5.41) is 27.0. The van der Waals surface area contributed by atoms with Crippen molar-refractivity contribution in [2.45, 2.75) is 73.5 Å². The second-order valence-electron chi connectivity index (χ2n) is 11.0. The van der Waals surface area contributed by atoms with Gasteiger partial charge in [-0.05, 0) is 0 Å². The zero-order valence-corrected chi connectivity index (χ0v) is 25.1. The number of nitrogens with two attached hydrogens (primary N) is 2. The van der Waals surface area contributed by atoms with E-state index in [0.29, 0.717) is 0 Å².